The number of nitrogens with zero attached hydrogens (tertiary/aromatic N) is 1. The zero-order chi connectivity index (χ0) is 13.1. The molecule has 1 aromatic carbocycles. The molecule has 0 saturated heterocycles. The first-order valence-corrected chi connectivity index (χ1v) is 7.65. The number of nitrogens with one attached hydrogen (secondary N) is 1. The smallest absolute Gasteiger partial charge is 0.270 e. The highest BCUT2D eigenvalue weighted by Gasteiger charge is 2.65. The summed E-state index contributed by atoms with van der Waals surface area (Å²) in [4.78, 5) is 10.4. The van der Waals surface area contributed by atoms with Crippen LogP contribution < -0.4 is 5.32 Å². The number of benzene rings is 1. The molecule has 0 aromatic heterocycles. The number of halogens is 1. The molecule has 2 bridgehead atoms. The van der Waals surface area contributed by atoms with Gasteiger partial charge in [-0.3, -0.25) is 10.1 Å². The van der Waals surface area contributed by atoms with Crippen molar-refractivity contribution in [3.8, 4) is 0 Å². The maximum Gasteiger partial charge on any atom is 0.270 e. The van der Waals surface area contributed by atoms with E-state index < -0.39 is 0 Å². The van der Waals surface area contributed by atoms with E-state index in [1.165, 1.54) is 19.3 Å². The van der Waals surface area contributed by atoms with Gasteiger partial charge < -0.3 is 5.32 Å². The Hall–Kier alpha value is -1.10. The summed E-state index contributed by atoms with van der Waals surface area (Å²) < 4.78 is 0.791. The van der Waals surface area contributed by atoms with E-state index in [2.05, 4.69) is 21.2 Å². The Labute approximate surface area is 119 Å². The molecule has 5 heteroatoms. The Bertz CT molecular complexity index is 546. The van der Waals surface area contributed by atoms with Gasteiger partial charge in [-0.1, -0.05) is 0 Å². The normalized spacial score (nSPS) is 38.1. The molecule has 4 nitrogen and oxygen atoms in total. The molecule has 3 saturated carbocycles. The van der Waals surface area contributed by atoms with Crippen molar-refractivity contribution >= 4 is 27.3 Å². The molecule has 4 atom stereocenters. The van der Waals surface area contributed by atoms with Crippen molar-refractivity contribution in [2.75, 3.05) is 5.32 Å². The van der Waals surface area contributed by atoms with Crippen molar-refractivity contribution < 1.29 is 4.92 Å². The average Bonchev–Trinajstić information content (AvgIpc) is 2.79. The second kappa shape index (κ2) is 3.95. The Kier molecular flexibility index (Phi) is 2.43. The van der Waals surface area contributed by atoms with E-state index in [4.69, 9.17) is 0 Å². The van der Waals surface area contributed by atoms with Gasteiger partial charge in [0, 0.05) is 28.3 Å². The molecule has 3 aliphatic carbocycles. The molecule has 0 amide bonds. The zero-order valence-corrected chi connectivity index (χ0v) is 12.0. The van der Waals surface area contributed by atoms with Crippen molar-refractivity contribution in [1.82, 2.24) is 0 Å². The lowest BCUT2D eigenvalue weighted by atomic mass is 10.0. The second-order valence-electron chi connectivity index (χ2n) is 6.08. The van der Waals surface area contributed by atoms with Crippen molar-refractivity contribution in [3.05, 3.63) is 32.8 Å². The number of non-ortho nitro benzene ring substituents is 1. The van der Waals surface area contributed by atoms with Gasteiger partial charge in [0.15, 0.2) is 0 Å². The van der Waals surface area contributed by atoms with E-state index in [1.54, 1.807) is 12.1 Å². The standard InChI is InChI=1S/C14H15BrN2O2/c15-10-6-9(17(18)19)3-4-11(10)16-14-12-7-1-2-8(5-7)13(12)14/h3-4,6-8,12-14,16H,1-2,5H2. The summed E-state index contributed by atoms with van der Waals surface area (Å²) in [5.74, 6) is 3.59. The first kappa shape index (κ1) is 11.7. The summed E-state index contributed by atoms with van der Waals surface area (Å²) >= 11 is 3.43. The number of hydrogen-bond donors (Lipinski definition) is 1. The highest BCUT2D eigenvalue weighted by molar-refractivity contribution is 9.10. The maximum absolute atomic E-state index is 10.7. The first-order chi connectivity index (χ1) is 9.15. The van der Waals surface area contributed by atoms with Gasteiger partial charge in [0.2, 0.25) is 0 Å². The molecule has 3 fully saturated rings. The highest BCUT2D eigenvalue weighted by atomic mass is 79.9. The number of rotatable bonds is 3. The van der Waals surface area contributed by atoms with Crippen LogP contribution in [-0.4, -0.2) is 11.0 Å². The lowest BCUT2D eigenvalue weighted by Gasteiger charge is -2.13. The van der Waals surface area contributed by atoms with Crippen LogP contribution >= 0.6 is 15.9 Å². The minimum atomic E-state index is -0.360. The van der Waals surface area contributed by atoms with Gasteiger partial charge in [0.05, 0.1) is 4.92 Å². The van der Waals surface area contributed by atoms with Crippen LogP contribution in [0.1, 0.15) is 19.3 Å². The first-order valence-electron chi connectivity index (χ1n) is 6.85. The number of anilines is 1. The van der Waals surface area contributed by atoms with E-state index in [-0.39, 0.29) is 10.6 Å². The van der Waals surface area contributed by atoms with Gasteiger partial charge in [-0.25, -0.2) is 0 Å². The fraction of sp³-hybridized carbons (Fsp3) is 0.571. The average molecular weight is 323 g/mol. The molecule has 3 aliphatic rings. The third-order valence-electron chi connectivity index (χ3n) is 5.22. The quantitative estimate of drug-likeness (QED) is 0.680. The van der Waals surface area contributed by atoms with Gasteiger partial charge in [0.25, 0.3) is 5.69 Å². The van der Waals surface area contributed by atoms with E-state index in [0.717, 1.165) is 33.8 Å². The molecule has 0 spiro atoms. The fourth-order valence-corrected chi connectivity index (χ4v) is 4.91. The van der Waals surface area contributed by atoms with Crippen LogP contribution in [0, 0.1) is 33.8 Å². The van der Waals surface area contributed by atoms with Crippen LogP contribution in [0.4, 0.5) is 11.4 Å². The Morgan fingerprint density at radius 1 is 1.26 bits per heavy atom. The molecular weight excluding hydrogens is 308 g/mol. The lowest BCUT2D eigenvalue weighted by Crippen LogP contribution is -2.13. The predicted octanol–water partition coefficient (Wildman–Crippen LogP) is 3.81. The third kappa shape index (κ3) is 1.71. The Balaban J connectivity index is 1.51. The van der Waals surface area contributed by atoms with Crippen molar-refractivity contribution in [3.63, 3.8) is 0 Å². The molecule has 1 N–H and O–H groups in total. The van der Waals surface area contributed by atoms with Crippen LogP contribution in [0.25, 0.3) is 0 Å². The summed E-state index contributed by atoms with van der Waals surface area (Å²) in [6, 6.07) is 5.57. The minimum absolute atomic E-state index is 0.133. The van der Waals surface area contributed by atoms with Crippen molar-refractivity contribution in [2.45, 2.75) is 25.3 Å². The summed E-state index contributed by atoms with van der Waals surface area (Å²) in [6.45, 7) is 0. The number of fused-ring (bicyclic) bond motifs is 5. The summed E-state index contributed by atoms with van der Waals surface area (Å²) in [5.41, 5.74) is 1.12. The van der Waals surface area contributed by atoms with Crippen LogP contribution in [0.3, 0.4) is 0 Å². The molecule has 0 aliphatic heterocycles. The molecule has 4 unspecified atom stereocenters. The molecule has 1 aromatic rings. The molecular formula is C14H15BrN2O2. The van der Waals surface area contributed by atoms with Crippen LogP contribution in [-0.2, 0) is 0 Å². The summed E-state index contributed by atoms with van der Waals surface area (Å²) in [5, 5.41) is 14.3. The predicted molar refractivity (Wildman–Crippen MR) is 76.0 cm³/mol. The zero-order valence-electron chi connectivity index (χ0n) is 10.4. The Morgan fingerprint density at radius 3 is 2.53 bits per heavy atom. The number of nitro groups is 1. The minimum Gasteiger partial charge on any atom is -0.381 e. The molecule has 0 radical (unpaired) electrons. The van der Waals surface area contributed by atoms with Crippen molar-refractivity contribution in [2.24, 2.45) is 23.7 Å². The molecule has 0 heterocycles. The van der Waals surface area contributed by atoms with Gasteiger partial charge in [-0.05, 0) is 64.9 Å². The highest BCUT2D eigenvalue weighted by Crippen LogP contribution is 2.66. The molecule has 19 heavy (non-hydrogen) atoms. The Morgan fingerprint density at radius 2 is 1.95 bits per heavy atom. The maximum atomic E-state index is 10.7. The SMILES string of the molecule is O=[N+]([O-])c1ccc(NC2C3C4CCC(C4)C23)c(Br)c1. The fourth-order valence-electron chi connectivity index (χ4n) is 4.43. The van der Waals surface area contributed by atoms with Crippen LogP contribution in [0.5, 0.6) is 0 Å². The third-order valence-corrected chi connectivity index (χ3v) is 5.88. The summed E-state index contributed by atoms with van der Waals surface area (Å²) in [7, 11) is 0. The van der Waals surface area contributed by atoms with E-state index in [1.807, 2.05) is 6.07 Å². The van der Waals surface area contributed by atoms with E-state index in [9.17, 15) is 10.1 Å². The van der Waals surface area contributed by atoms with Gasteiger partial charge in [-0.15, -0.1) is 0 Å². The number of nitro benzene ring substituents is 1. The topological polar surface area (TPSA) is 55.2 Å². The number of hydrogen-bond acceptors (Lipinski definition) is 3. The van der Waals surface area contributed by atoms with E-state index in [0.29, 0.717) is 6.04 Å². The molecule has 4 rings (SSSR count). The lowest BCUT2D eigenvalue weighted by molar-refractivity contribution is -0.384. The largest absolute Gasteiger partial charge is 0.381 e. The van der Waals surface area contributed by atoms with Gasteiger partial charge >= 0.3 is 0 Å². The molecule has 100 valence electrons. The van der Waals surface area contributed by atoms with Crippen LogP contribution in [0.2, 0.25) is 0 Å². The van der Waals surface area contributed by atoms with Gasteiger partial charge in [0.1, 0.15) is 0 Å². The van der Waals surface area contributed by atoms with Gasteiger partial charge in [-0.2, -0.15) is 0 Å². The van der Waals surface area contributed by atoms with Crippen molar-refractivity contribution in [1.29, 1.82) is 0 Å². The van der Waals surface area contributed by atoms with E-state index >= 15 is 0 Å². The monoisotopic (exact) mass is 322 g/mol. The van der Waals surface area contributed by atoms with Crippen LogP contribution in [0.15, 0.2) is 22.7 Å². The second-order valence-corrected chi connectivity index (χ2v) is 6.93. The summed E-state index contributed by atoms with van der Waals surface area (Å²) in [6.07, 6.45) is 4.26.